The average molecular weight is 320 g/mol. The number of benzene rings is 1. The maximum absolute atomic E-state index is 13.0. The molecule has 2 aromatic rings. The lowest BCUT2D eigenvalue weighted by molar-refractivity contribution is 0.117. The third kappa shape index (κ3) is 3.72. The third-order valence-corrected chi connectivity index (χ3v) is 5.10. The van der Waals surface area contributed by atoms with Crippen molar-refractivity contribution in [3.63, 3.8) is 0 Å². The van der Waals surface area contributed by atoms with E-state index in [4.69, 9.17) is 0 Å². The normalized spacial score (nSPS) is 20.4. The molecule has 1 aromatic heterocycles. The molecule has 0 bridgehead atoms. The van der Waals surface area contributed by atoms with E-state index in [1.165, 1.54) is 12.1 Å². The Kier molecular flexibility index (Phi) is 4.86. The Morgan fingerprint density at radius 2 is 2.18 bits per heavy atom. The average Bonchev–Trinajstić information content (AvgIpc) is 3.10. The van der Waals surface area contributed by atoms with Gasteiger partial charge in [0.25, 0.3) is 0 Å². The molecule has 0 amide bonds. The van der Waals surface area contributed by atoms with Crippen molar-refractivity contribution in [3.05, 3.63) is 51.7 Å². The van der Waals surface area contributed by atoms with E-state index in [0.717, 1.165) is 42.2 Å². The first-order valence-electron chi connectivity index (χ1n) is 7.70. The molecular formula is C17H21FN2OS. The number of thiazole rings is 1. The van der Waals surface area contributed by atoms with Gasteiger partial charge in [0.1, 0.15) is 5.82 Å². The summed E-state index contributed by atoms with van der Waals surface area (Å²) in [6.07, 6.45) is 2.41. The number of hydrogen-bond acceptors (Lipinski definition) is 4. The zero-order valence-electron chi connectivity index (χ0n) is 12.7. The molecule has 1 aromatic carbocycles. The highest BCUT2D eigenvalue weighted by Crippen LogP contribution is 2.28. The number of aryl methyl sites for hydroxylation is 1. The van der Waals surface area contributed by atoms with Gasteiger partial charge in [0.2, 0.25) is 0 Å². The summed E-state index contributed by atoms with van der Waals surface area (Å²) in [6, 6.07) is 6.51. The molecular weight excluding hydrogens is 299 g/mol. The molecule has 0 spiro atoms. The van der Waals surface area contributed by atoms with Crippen LogP contribution in [0.2, 0.25) is 0 Å². The molecule has 2 atom stereocenters. The van der Waals surface area contributed by atoms with Gasteiger partial charge < -0.3 is 5.11 Å². The fourth-order valence-electron chi connectivity index (χ4n) is 3.14. The molecule has 118 valence electrons. The predicted octanol–water partition coefficient (Wildman–Crippen LogP) is 3.68. The molecule has 2 unspecified atom stereocenters. The van der Waals surface area contributed by atoms with Crippen molar-refractivity contribution in [3.8, 4) is 0 Å². The first kappa shape index (κ1) is 15.6. The quantitative estimate of drug-likeness (QED) is 0.913. The van der Waals surface area contributed by atoms with E-state index in [0.29, 0.717) is 12.5 Å². The van der Waals surface area contributed by atoms with E-state index in [1.807, 2.05) is 6.92 Å². The van der Waals surface area contributed by atoms with E-state index in [1.54, 1.807) is 23.5 Å². The van der Waals surface area contributed by atoms with Gasteiger partial charge in [0.05, 0.1) is 16.8 Å². The van der Waals surface area contributed by atoms with Crippen LogP contribution in [0.5, 0.6) is 0 Å². The minimum absolute atomic E-state index is 0.266. The molecule has 1 aliphatic rings. The Morgan fingerprint density at radius 1 is 1.41 bits per heavy atom. The largest absolute Gasteiger partial charge is 0.388 e. The highest BCUT2D eigenvalue weighted by molar-refractivity contribution is 7.09. The number of halogens is 1. The Labute approximate surface area is 134 Å². The second-order valence-corrected chi connectivity index (χ2v) is 6.99. The number of hydrogen-bond donors (Lipinski definition) is 1. The maximum atomic E-state index is 13.0. The van der Waals surface area contributed by atoms with Crippen molar-refractivity contribution >= 4 is 11.3 Å². The molecule has 0 radical (unpaired) electrons. The molecule has 3 nitrogen and oxygen atoms in total. The van der Waals surface area contributed by atoms with Crippen LogP contribution in [0.15, 0.2) is 29.6 Å². The predicted molar refractivity (Wildman–Crippen MR) is 86.3 cm³/mol. The third-order valence-electron chi connectivity index (χ3n) is 4.28. The van der Waals surface area contributed by atoms with E-state index in [9.17, 15) is 9.50 Å². The number of aliphatic hydroxyl groups is 1. The van der Waals surface area contributed by atoms with Crippen LogP contribution in [-0.2, 0) is 6.54 Å². The van der Waals surface area contributed by atoms with E-state index in [2.05, 4.69) is 15.3 Å². The zero-order valence-corrected chi connectivity index (χ0v) is 13.5. The molecule has 1 saturated heterocycles. The number of aromatic nitrogens is 1. The summed E-state index contributed by atoms with van der Waals surface area (Å²) in [7, 11) is 0. The van der Waals surface area contributed by atoms with E-state index in [-0.39, 0.29) is 5.82 Å². The summed E-state index contributed by atoms with van der Waals surface area (Å²) in [6.45, 7) is 3.93. The molecule has 3 rings (SSSR count). The lowest BCUT2D eigenvalue weighted by Crippen LogP contribution is -2.30. The minimum Gasteiger partial charge on any atom is -0.388 e. The first-order valence-corrected chi connectivity index (χ1v) is 8.58. The van der Waals surface area contributed by atoms with Crippen molar-refractivity contribution in [2.24, 2.45) is 0 Å². The van der Waals surface area contributed by atoms with E-state index < -0.39 is 6.10 Å². The van der Waals surface area contributed by atoms with Crippen molar-refractivity contribution in [1.82, 2.24) is 9.88 Å². The highest BCUT2D eigenvalue weighted by atomic mass is 32.1. The van der Waals surface area contributed by atoms with Gasteiger partial charge in [-0.15, -0.1) is 11.3 Å². The van der Waals surface area contributed by atoms with Crippen LogP contribution in [0.25, 0.3) is 0 Å². The fraction of sp³-hybridized carbons (Fsp3) is 0.471. The van der Waals surface area contributed by atoms with Gasteiger partial charge in [-0.3, -0.25) is 4.90 Å². The van der Waals surface area contributed by atoms with Crippen LogP contribution in [0.1, 0.15) is 41.6 Å². The molecule has 0 aliphatic carbocycles. The van der Waals surface area contributed by atoms with Gasteiger partial charge in [0.15, 0.2) is 0 Å². The van der Waals surface area contributed by atoms with E-state index >= 15 is 0 Å². The fourth-order valence-corrected chi connectivity index (χ4v) is 3.74. The SMILES string of the molecule is Cc1nc(CN2CCCC2CC(O)c2ccc(F)cc2)cs1. The monoisotopic (exact) mass is 320 g/mol. The molecule has 22 heavy (non-hydrogen) atoms. The summed E-state index contributed by atoms with van der Waals surface area (Å²) >= 11 is 1.68. The number of aliphatic hydroxyl groups excluding tert-OH is 1. The molecule has 1 N–H and O–H groups in total. The van der Waals surface area contributed by atoms with Crippen LogP contribution in [0.4, 0.5) is 4.39 Å². The van der Waals surface area contributed by atoms with Crippen molar-refractivity contribution in [1.29, 1.82) is 0 Å². The first-order chi connectivity index (χ1) is 10.6. The van der Waals surface area contributed by atoms with Crippen LogP contribution >= 0.6 is 11.3 Å². The Balaban J connectivity index is 1.61. The topological polar surface area (TPSA) is 36.4 Å². The van der Waals surface area contributed by atoms with Gasteiger partial charge in [-0.05, 0) is 50.4 Å². The zero-order chi connectivity index (χ0) is 15.5. The van der Waals surface area contributed by atoms with Crippen LogP contribution in [-0.4, -0.2) is 27.6 Å². The second-order valence-electron chi connectivity index (χ2n) is 5.93. The van der Waals surface area contributed by atoms with Gasteiger partial charge in [0, 0.05) is 18.0 Å². The molecule has 0 saturated carbocycles. The van der Waals surface area contributed by atoms with Crippen molar-refractivity contribution in [2.75, 3.05) is 6.54 Å². The van der Waals surface area contributed by atoms with Gasteiger partial charge in [-0.2, -0.15) is 0 Å². The Hall–Kier alpha value is -1.30. The molecule has 5 heteroatoms. The summed E-state index contributed by atoms with van der Waals surface area (Å²) in [5.74, 6) is -0.266. The smallest absolute Gasteiger partial charge is 0.123 e. The van der Waals surface area contributed by atoms with Crippen LogP contribution in [0, 0.1) is 12.7 Å². The van der Waals surface area contributed by atoms with Gasteiger partial charge in [-0.25, -0.2) is 9.37 Å². The summed E-state index contributed by atoms with van der Waals surface area (Å²) in [5, 5.41) is 13.6. The highest BCUT2D eigenvalue weighted by Gasteiger charge is 2.27. The number of nitrogens with zero attached hydrogens (tertiary/aromatic N) is 2. The molecule has 1 aliphatic heterocycles. The number of rotatable bonds is 5. The molecule has 2 heterocycles. The lowest BCUT2D eigenvalue weighted by atomic mass is 10.0. The van der Waals surface area contributed by atoms with Crippen LogP contribution < -0.4 is 0 Å². The maximum Gasteiger partial charge on any atom is 0.123 e. The Morgan fingerprint density at radius 3 is 2.86 bits per heavy atom. The second kappa shape index (κ2) is 6.86. The summed E-state index contributed by atoms with van der Waals surface area (Å²) < 4.78 is 13.0. The summed E-state index contributed by atoms with van der Waals surface area (Å²) in [4.78, 5) is 6.93. The Bertz CT molecular complexity index is 613. The van der Waals surface area contributed by atoms with Gasteiger partial charge in [-0.1, -0.05) is 12.1 Å². The molecule has 1 fully saturated rings. The van der Waals surface area contributed by atoms with Gasteiger partial charge >= 0.3 is 0 Å². The standard InChI is InChI=1S/C17H21FN2OS/c1-12-19-15(11-22-12)10-20-8-2-3-16(20)9-17(21)13-4-6-14(18)7-5-13/h4-7,11,16-17,21H,2-3,8-10H2,1H3. The van der Waals surface area contributed by atoms with Crippen molar-refractivity contribution in [2.45, 2.75) is 44.9 Å². The number of likely N-dealkylation sites (tertiary alicyclic amines) is 1. The lowest BCUT2D eigenvalue weighted by Gasteiger charge is -2.26. The van der Waals surface area contributed by atoms with Crippen LogP contribution in [0.3, 0.4) is 0 Å². The van der Waals surface area contributed by atoms with Crippen molar-refractivity contribution < 1.29 is 9.50 Å². The minimum atomic E-state index is -0.539. The summed E-state index contributed by atoms with van der Waals surface area (Å²) in [5.41, 5.74) is 1.91.